The molecule has 0 aliphatic heterocycles. The summed E-state index contributed by atoms with van der Waals surface area (Å²) >= 11 is 0. The van der Waals surface area contributed by atoms with Gasteiger partial charge in [0.05, 0.1) is 0 Å². The lowest BCUT2D eigenvalue weighted by atomic mass is 9.87. The van der Waals surface area contributed by atoms with Gasteiger partial charge in [-0.15, -0.1) is 0 Å². The van der Waals surface area contributed by atoms with Gasteiger partial charge in [-0.3, -0.25) is 0 Å². The third kappa shape index (κ3) is 3.60. The molecule has 0 saturated heterocycles. The van der Waals surface area contributed by atoms with Gasteiger partial charge in [-0.25, -0.2) is 0 Å². The summed E-state index contributed by atoms with van der Waals surface area (Å²) in [7, 11) is 0. The Kier molecular flexibility index (Phi) is 2.25. The molecule has 0 unspecified atom stereocenters. The molecule has 1 rings (SSSR count). The lowest BCUT2D eigenvalue weighted by molar-refractivity contribution is 0.361. The van der Waals surface area contributed by atoms with Crippen molar-refractivity contribution in [1.29, 1.82) is 0 Å². The van der Waals surface area contributed by atoms with Crippen LogP contribution >= 0.6 is 0 Å². The van der Waals surface area contributed by atoms with Crippen LogP contribution in [0.2, 0.25) is 0 Å². The van der Waals surface area contributed by atoms with Gasteiger partial charge in [0.25, 0.3) is 0 Å². The highest BCUT2D eigenvalue weighted by Crippen LogP contribution is 2.26. The summed E-state index contributed by atoms with van der Waals surface area (Å²) in [6.07, 6.45) is 9.46. The molecule has 0 heterocycles. The molecule has 0 aromatic carbocycles. The third-order valence-corrected chi connectivity index (χ3v) is 2.48. The monoisotopic (exact) mass is 155 g/mol. The SMILES string of the molecule is [2H]C([2H])([2H])/C(C)=C/CC1CCCCC1. The molecule has 0 radical (unpaired) electrons. The molecule has 1 aliphatic carbocycles. The van der Waals surface area contributed by atoms with E-state index in [1.807, 2.05) is 6.08 Å². The molecule has 1 fully saturated rings. The van der Waals surface area contributed by atoms with Crippen LogP contribution in [0.4, 0.5) is 0 Å². The molecular weight excluding hydrogens is 132 g/mol. The first-order chi connectivity index (χ1) is 6.50. The minimum atomic E-state index is -1.88. The van der Waals surface area contributed by atoms with Crippen LogP contribution in [0, 0.1) is 5.92 Å². The number of hydrogen-bond acceptors (Lipinski definition) is 0. The fourth-order valence-corrected chi connectivity index (χ4v) is 1.77. The minimum Gasteiger partial charge on any atom is -0.0856 e. The van der Waals surface area contributed by atoms with E-state index in [-0.39, 0.29) is 0 Å². The van der Waals surface area contributed by atoms with E-state index in [9.17, 15) is 0 Å². The average molecular weight is 155 g/mol. The largest absolute Gasteiger partial charge is 0.0856 e. The van der Waals surface area contributed by atoms with Crippen LogP contribution < -0.4 is 0 Å². The summed E-state index contributed by atoms with van der Waals surface area (Å²) in [4.78, 5) is 0. The number of allylic oxidation sites excluding steroid dienone is 2. The van der Waals surface area contributed by atoms with Crippen molar-refractivity contribution in [2.75, 3.05) is 0 Å². The Morgan fingerprint density at radius 2 is 2.18 bits per heavy atom. The summed E-state index contributed by atoms with van der Waals surface area (Å²) in [5.41, 5.74) is 0.558. The van der Waals surface area contributed by atoms with Gasteiger partial charge in [0, 0.05) is 4.11 Å². The van der Waals surface area contributed by atoms with Crippen molar-refractivity contribution in [3.8, 4) is 0 Å². The standard InChI is InChI=1S/C11H20/c1-10(2)8-9-11-6-4-3-5-7-11/h8,11H,3-7,9H2,1-2H3/i1D3/b10-8-. The summed E-state index contributed by atoms with van der Waals surface area (Å²) in [5.74, 6) is 0.737. The Balaban J connectivity index is 2.37. The Labute approximate surface area is 74.9 Å². The molecule has 0 atom stereocenters. The molecule has 11 heavy (non-hydrogen) atoms. The molecule has 0 nitrogen and oxygen atoms in total. The quantitative estimate of drug-likeness (QED) is 0.530. The van der Waals surface area contributed by atoms with E-state index in [0.29, 0.717) is 5.57 Å². The fourth-order valence-electron chi connectivity index (χ4n) is 1.77. The lowest BCUT2D eigenvalue weighted by Crippen LogP contribution is -2.04. The van der Waals surface area contributed by atoms with E-state index in [1.165, 1.54) is 32.1 Å². The van der Waals surface area contributed by atoms with Crippen molar-refractivity contribution in [1.82, 2.24) is 0 Å². The van der Waals surface area contributed by atoms with E-state index in [2.05, 4.69) is 0 Å². The van der Waals surface area contributed by atoms with Gasteiger partial charge < -0.3 is 0 Å². The molecule has 0 spiro atoms. The Morgan fingerprint density at radius 3 is 2.82 bits per heavy atom. The summed E-state index contributed by atoms with van der Waals surface area (Å²) < 4.78 is 21.7. The van der Waals surface area contributed by atoms with Crippen LogP contribution in [-0.2, 0) is 0 Å². The van der Waals surface area contributed by atoms with Gasteiger partial charge in [-0.1, -0.05) is 43.8 Å². The predicted molar refractivity (Wildman–Crippen MR) is 50.6 cm³/mol. The molecule has 1 aliphatic rings. The van der Waals surface area contributed by atoms with Gasteiger partial charge in [0.2, 0.25) is 0 Å². The van der Waals surface area contributed by atoms with Crippen molar-refractivity contribution in [2.24, 2.45) is 5.92 Å². The van der Waals surface area contributed by atoms with E-state index >= 15 is 0 Å². The van der Waals surface area contributed by atoms with Crippen molar-refractivity contribution in [3.63, 3.8) is 0 Å². The smallest absolute Gasteiger partial charge is 0.0276 e. The molecule has 0 aromatic heterocycles. The minimum absolute atomic E-state index is 0.558. The summed E-state index contributed by atoms with van der Waals surface area (Å²) in [6.45, 7) is -0.162. The first-order valence-corrected chi connectivity index (χ1v) is 4.67. The second-order valence-electron chi connectivity index (χ2n) is 3.63. The van der Waals surface area contributed by atoms with Crippen LogP contribution in [0.5, 0.6) is 0 Å². The first-order valence-electron chi connectivity index (χ1n) is 6.17. The maximum absolute atomic E-state index is 7.22. The highest BCUT2D eigenvalue weighted by Gasteiger charge is 2.10. The van der Waals surface area contributed by atoms with Crippen molar-refractivity contribution < 1.29 is 4.11 Å². The highest BCUT2D eigenvalue weighted by molar-refractivity contribution is 4.94. The van der Waals surface area contributed by atoms with Crippen LogP contribution in [0.25, 0.3) is 0 Å². The highest BCUT2D eigenvalue weighted by atomic mass is 14.2. The van der Waals surface area contributed by atoms with Crippen molar-refractivity contribution in [2.45, 2.75) is 52.3 Å². The summed E-state index contributed by atoms with van der Waals surface area (Å²) in [5, 5.41) is 0. The molecule has 0 N–H and O–H groups in total. The van der Waals surface area contributed by atoms with Crippen LogP contribution in [0.1, 0.15) is 56.4 Å². The molecular formula is C11H20. The normalized spacial score (nSPS) is 27.4. The topological polar surface area (TPSA) is 0 Å². The van der Waals surface area contributed by atoms with Crippen LogP contribution in [0.15, 0.2) is 11.6 Å². The lowest BCUT2D eigenvalue weighted by Gasteiger charge is -2.19. The van der Waals surface area contributed by atoms with Gasteiger partial charge >= 0.3 is 0 Å². The van der Waals surface area contributed by atoms with E-state index in [4.69, 9.17) is 4.11 Å². The molecule has 0 bridgehead atoms. The van der Waals surface area contributed by atoms with E-state index in [0.717, 1.165) is 12.3 Å². The number of rotatable bonds is 2. The molecule has 0 heteroatoms. The van der Waals surface area contributed by atoms with Crippen LogP contribution in [-0.4, -0.2) is 0 Å². The third-order valence-electron chi connectivity index (χ3n) is 2.48. The van der Waals surface area contributed by atoms with Crippen molar-refractivity contribution >= 4 is 0 Å². The summed E-state index contributed by atoms with van der Waals surface area (Å²) in [6, 6.07) is 0. The zero-order valence-electron chi connectivity index (χ0n) is 10.4. The van der Waals surface area contributed by atoms with E-state index in [1.54, 1.807) is 6.92 Å². The van der Waals surface area contributed by atoms with Crippen molar-refractivity contribution in [3.05, 3.63) is 11.6 Å². The zero-order valence-corrected chi connectivity index (χ0v) is 7.40. The Bertz CT molecular complexity index is 197. The molecule has 64 valence electrons. The average Bonchev–Trinajstić information content (AvgIpc) is 2.14. The maximum Gasteiger partial charge on any atom is 0.0276 e. The Morgan fingerprint density at radius 1 is 1.45 bits per heavy atom. The van der Waals surface area contributed by atoms with Gasteiger partial charge in [-0.2, -0.15) is 0 Å². The maximum atomic E-state index is 7.22. The molecule has 1 saturated carbocycles. The van der Waals surface area contributed by atoms with Gasteiger partial charge in [-0.05, 0) is 26.1 Å². The second-order valence-corrected chi connectivity index (χ2v) is 3.63. The molecule has 0 amide bonds. The fraction of sp³-hybridized carbons (Fsp3) is 0.818. The zero-order chi connectivity index (χ0) is 10.6. The van der Waals surface area contributed by atoms with Crippen LogP contribution in [0.3, 0.4) is 0 Å². The second kappa shape index (κ2) is 4.58. The first kappa shape index (κ1) is 5.40. The number of hydrogen-bond donors (Lipinski definition) is 0. The Hall–Kier alpha value is -0.260. The predicted octanol–water partition coefficient (Wildman–Crippen LogP) is 3.92. The van der Waals surface area contributed by atoms with Gasteiger partial charge in [0.15, 0.2) is 0 Å². The van der Waals surface area contributed by atoms with Gasteiger partial charge in [0.1, 0.15) is 0 Å². The molecule has 0 aromatic rings. The van der Waals surface area contributed by atoms with E-state index < -0.39 is 6.85 Å².